The molecular weight excluding hydrogens is 486 g/mol. The summed E-state index contributed by atoms with van der Waals surface area (Å²) in [4.78, 5) is 43.5. The van der Waals surface area contributed by atoms with Gasteiger partial charge in [0.1, 0.15) is 0 Å². The van der Waals surface area contributed by atoms with Gasteiger partial charge >= 0.3 is 5.97 Å². The number of non-ortho nitro benzene ring substituents is 1. The van der Waals surface area contributed by atoms with Crippen LogP contribution in [0, 0.1) is 10.1 Å². The predicted molar refractivity (Wildman–Crippen MR) is 136 cm³/mol. The van der Waals surface area contributed by atoms with E-state index >= 15 is 0 Å². The van der Waals surface area contributed by atoms with E-state index in [-0.39, 0.29) is 17.4 Å². The molecule has 0 aliphatic carbocycles. The fourth-order valence-corrected chi connectivity index (χ4v) is 5.30. The summed E-state index contributed by atoms with van der Waals surface area (Å²) in [5.74, 6) is -0.520. The Labute approximate surface area is 209 Å². The van der Waals surface area contributed by atoms with E-state index in [1.54, 1.807) is 50.7 Å². The first-order valence-corrected chi connectivity index (χ1v) is 12.9. The largest absolute Gasteiger partial charge is 0.459 e. The van der Waals surface area contributed by atoms with Crippen LogP contribution in [0.5, 0.6) is 0 Å². The number of nitro benzene ring substituents is 1. The SMILES string of the molecule is CSc1ccc([C@H]2C(C(=O)OC(C)C)=C(C)N=c3s/c(=C\c4cccc([N+](=O)[O-])c4)c(=O)n32)cc1. The van der Waals surface area contributed by atoms with E-state index in [0.29, 0.717) is 26.2 Å². The third kappa shape index (κ3) is 4.98. The van der Waals surface area contributed by atoms with E-state index in [1.165, 1.54) is 28.0 Å². The number of fused-ring (bicyclic) bond motifs is 1. The van der Waals surface area contributed by atoms with Crippen LogP contribution in [0.25, 0.3) is 6.08 Å². The maximum Gasteiger partial charge on any atom is 0.338 e. The van der Waals surface area contributed by atoms with Gasteiger partial charge in [-0.3, -0.25) is 19.5 Å². The smallest absolute Gasteiger partial charge is 0.338 e. The van der Waals surface area contributed by atoms with E-state index in [4.69, 9.17) is 4.74 Å². The number of benzene rings is 2. The molecule has 180 valence electrons. The molecule has 0 bridgehead atoms. The summed E-state index contributed by atoms with van der Waals surface area (Å²) in [5.41, 5.74) is 1.69. The molecule has 10 heteroatoms. The lowest BCUT2D eigenvalue weighted by Gasteiger charge is -2.25. The minimum Gasteiger partial charge on any atom is -0.459 e. The minimum atomic E-state index is -0.708. The van der Waals surface area contributed by atoms with Crippen molar-refractivity contribution in [3.05, 3.63) is 101 Å². The highest BCUT2D eigenvalue weighted by Crippen LogP contribution is 2.32. The van der Waals surface area contributed by atoms with Gasteiger partial charge in [-0.1, -0.05) is 35.6 Å². The second kappa shape index (κ2) is 10.0. The van der Waals surface area contributed by atoms with Crippen LogP contribution in [0.4, 0.5) is 5.69 Å². The van der Waals surface area contributed by atoms with Crippen molar-refractivity contribution in [1.82, 2.24) is 4.57 Å². The molecule has 1 atom stereocenters. The molecule has 0 fully saturated rings. The first-order valence-electron chi connectivity index (χ1n) is 10.8. The fraction of sp³-hybridized carbons (Fsp3) is 0.240. The first-order chi connectivity index (χ1) is 16.7. The summed E-state index contributed by atoms with van der Waals surface area (Å²) in [5, 5.41) is 11.2. The van der Waals surface area contributed by atoms with Crippen LogP contribution in [-0.2, 0) is 9.53 Å². The van der Waals surface area contributed by atoms with E-state index < -0.39 is 16.9 Å². The fourth-order valence-electron chi connectivity index (χ4n) is 3.84. The third-order valence-corrected chi connectivity index (χ3v) is 7.12. The number of ether oxygens (including phenoxy) is 1. The number of carbonyl (C=O) groups excluding carboxylic acids is 1. The Morgan fingerprint density at radius 1 is 1.26 bits per heavy atom. The van der Waals surface area contributed by atoms with Crippen molar-refractivity contribution in [2.24, 2.45) is 4.99 Å². The Balaban J connectivity index is 1.92. The van der Waals surface area contributed by atoms with Gasteiger partial charge in [-0.15, -0.1) is 11.8 Å². The van der Waals surface area contributed by atoms with E-state index in [2.05, 4.69) is 4.99 Å². The molecule has 0 N–H and O–H groups in total. The molecule has 2 heterocycles. The summed E-state index contributed by atoms with van der Waals surface area (Å²) in [6.07, 6.45) is 3.25. The van der Waals surface area contributed by atoms with Gasteiger partial charge in [-0.05, 0) is 56.4 Å². The number of hydrogen-bond donors (Lipinski definition) is 0. The van der Waals surface area contributed by atoms with Crippen LogP contribution >= 0.6 is 23.1 Å². The molecule has 0 amide bonds. The number of nitro groups is 1. The lowest BCUT2D eigenvalue weighted by molar-refractivity contribution is -0.384. The van der Waals surface area contributed by atoms with Crippen LogP contribution in [-0.4, -0.2) is 27.8 Å². The number of aromatic nitrogens is 1. The second-order valence-corrected chi connectivity index (χ2v) is 10.0. The average molecular weight is 510 g/mol. The van der Waals surface area contributed by atoms with Gasteiger partial charge in [0.05, 0.1) is 32.9 Å². The van der Waals surface area contributed by atoms with Gasteiger partial charge in [0.25, 0.3) is 11.2 Å². The van der Waals surface area contributed by atoms with Crippen LogP contribution in [0.2, 0.25) is 0 Å². The molecule has 0 saturated heterocycles. The first kappa shape index (κ1) is 24.6. The van der Waals surface area contributed by atoms with E-state index in [9.17, 15) is 19.7 Å². The summed E-state index contributed by atoms with van der Waals surface area (Å²) in [6.45, 7) is 5.27. The van der Waals surface area contributed by atoms with Crippen molar-refractivity contribution < 1.29 is 14.5 Å². The highest BCUT2D eigenvalue weighted by Gasteiger charge is 2.33. The molecule has 2 aromatic carbocycles. The highest BCUT2D eigenvalue weighted by molar-refractivity contribution is 7.98. The molecule has 0 radical (unpaired) electrons. The maximum absolute atomic E-state index is 13.6. The molecule has 8 nitrogen and oxygen atoms in total. The standard InChI is InChI=1S/C25H23N3O5S2/c1-14(2)33-24(30)21-15(3)26-25-27(22(21)17-8-10-19(34-4)11-9-17)23(29)20(35-25)13-16-6-5-7-18(12-16)28(31)32/h5-14,22H,1-4H3/b20-13-/t22-/m0/s1. The molecule has 35 heavy (non-hydrogen) atoms. The van der Waals surface area contributed by atoms with E-state index in [1.807, 2.05) is 30.5 Å². The number of nitrogens with zero attached hydrogens (tertiary/aromatic N) is 3. The summed E-state index contributed by atoms with van der Waals surface area (Å²) in [7, 11) is 0. The zero-order chi connectivity index (χ0) is 25.3. The van der Waals surface area contributed by atoms with E-state index in [0.717, 1.165) is 10.5 Å². The number of carbonyl (C=O) groups is 1. The predicted octanol–water partition coefficient (Wildman–Crippen LogP) is 3.82. The van der Waals surface area contributed by atoms with Crippen LogP contribution in [0.1, 0.15) is 37.9 Å². The number of allylic oxidation sites excluding steroid dienone is 1. The molecule has 0 spiro atoms. The van der Waals surface area contributed by atoms with Gasteiger partial charge in [0, 0.05) is 17.0 Å². The second-order valence-electron chi connectivity index (χ2n) is 8.16. The van der Waals surface area contributed by atoms with Crippen molar-refractivity contribution in [2.75, 3.05) is 6.26 Å². The van der Waals surface area contributed by atoms with Gasteiger partial charge in [-0.2, -0.15) is 0 Å². The monoisotopic (exact) mass is 509 g/mol. The summed E-state index contributed by atoms with van der Waals surface area (Å²) in [6, 6.07) is 13.0. The van der Waals surface area contributed by atoms with Gasteiger partial charge in [-0.25, -0.2) is 9.79 Å². The van der Waals surface area contributed by atoms with Crippen LogP contribution in [0.15, 0.2) is 74.5 Å². The Bertz CT molecular complexity index is 1520. The van der Waals surface area contributed by atoms with Crippen molar-refractivity contribution in [3.63, 3.8) is 0 Å². The third-order valence-electron chi connectivity index (χ3n) is 5.39. The summed E-state index contributed by atoms with van der Waals surface area (Å²) >= 11 is 2.77. The molecule has 0 saturated carbocycles. The van der Waals surface area contributed by atoms with Crippen molar-refractivity contribution >= 4 is 40.8 Å². The lowest BCUT2D eigenvalue weighted by atomic mass is 9.96. The molecule has 1 aromatic heterocycles. The Morgan fingerprint density at radius 3 is 2.60 bits per heavy atom. The normalized spacial score (nSPS) is 15.7. The quantitative estimate of drug-likeness (QED) is 0.217. The average Bonchev–Trinajstić information content (AvgIpc) is 3.12. The van der Waals surface area contributed by atoms with Crippen molar-refractivity contribution in [1.29, 1.82) is 0 Å². The number of thioether (sulfide) groups is 1. The van der Waals surface area contributed by atoms with Crippen LogP contribution < -0.4 is 14.9 Å². The Morgan fingerprint density at radius 2 is 1.97 bits per heavy atom. The number of hydrogen-bond acceptors (Lipinski definition) is 8. The minimum absolute atomic E-state index is 0.0622. The Kier molecular flexibility index (Phi) is 7.04. The number of rotatable bonds is 6. The molecule has 1 aliphatic rings. The van der Waals surface area contributed by atoms with Crippen molar-refractivity contribution in [3.8, 4) is 0 Å². The highest BCUT2D eigenvalue weighted by atomic mass is 32.2. The molecule has 0 unspecified atom stereocenters. The number of esters is 1. The summed E-state index contributed by atoms with van der Waals surface area (Å²) < 4.78 is 7.37. The van der Waals surface area contributed by atoms with Gasteiger partial charge in [0.2, 0.25) is 0 Å². The molecular formula is C25H23N3O5S2. The zero-order valence-corrected chi connectivity index (χ0v) is 21.2. The number of thiazole rings is 1. The molecule has 4 rings (SSSR count). The van der Waals surface area contributed by atoms with Gasteiger partial charge < -0.3 is 4.74 Å². The van der Waals surface area contributed by atoms with Crippen molar-refractivity contribution in [2.45, 2.75) is 37.8 Å². The maximum atomic E-state index is 13.6. The van der Waals surface area contributed by atoms with Crippen LogP contribution in [0.3, 0.4) is 0 Å². The Hall–Kier alpha value is -3.50. The van der Waals surface area contributed by atoms with Gasteiger partial charge in [0.15, 0.2) is 4.80 Å². The zero-order valence-electron chi connectivity index (χ0n) is 19.6. The topological polar surface area (TPSA) is 104 Å². The molecule has 1 aliphatic heterocycles. The molecule has 3 aromatic rings. The lowest BCUT2D eigenvalue weighted by Crippen LogP contribution is -2.40.